The third-order valence-corrected chi connectivity index (χ3v) is 3.35. The van der Waals surface area contributed by atoms with Crippen LogP contribution in [0.4, 0.5) is 5.69 Å². The number of likely N-dealkylation sites (N-methyl/N-ethyl adjacent to an activating group) is 1. The molecular formula is C14H19ClN2O3. The van der Waals surface area contributed by atoms with Gasteiger partial charge in [-0.25, -0.2) is 0 Å². The summed E-state index contributed by atoms with van der Waals surface area (Å²) >= 11 is 6.19. The number of hydrogen-bond acceptors (Lipinski definition) is 4. The van der Waals surface area contributed by atoms with E-state index in [-0.39, 0.29) is 11.9 Å². The van der Waals surface area contributed by atoms with E-state index >= 15 is 0 Å². The summed E-state index contributed by atoms with van der Waals surface area (Å²) in [6, 6.07) is 3.16. The van der Waals surface area contributed by atoms with E-state index in [0.29, 0.717) is 24.0 Å². The van der Waals surface area contributed by atoms with Crippen molar-refractivity contribution in [2.24, 2.45) is 0 Å². The summed E-state index contributed by atoms with van der Waals surface area (Å²) in [5.74, 6) is 0.476. The van der Waals surface area contributed by atoms with Gasteiger partial charge in [0, 0.05) is 23.9 Å². The highest BCUT2D eigenvalue weighted by Gasteiger charge is 2.30. The lowest BCUT2D eigenvalue weighted by molar-refractivity contribution is -0.117. The molecule has 1 atom stereocenters. The predicted octanol–water partition coefficient (Wildman–Crippen LogP) is 2.36. The summed E-state index contributed by atoms with van der Waals surface area (Å²) in [5, 5.41) is 6.25. The van der Waals surface area contributed by atoms with E-state index in [9.17, 15) is 4.79 Å². The van der Waals surface area contributed by atoms with Gasteiger partial charge in [0.2, 0.25) is 5.91 Å². The fourth-order valence-electron chi connectivity index (χ4n) is 2.12. The van der Waals surface area contributed by atoms with Crippen molar-refractivity contribution in [1.29, 1.82) is 0 Å². The van der Waals surface area contributed by atoms with Gasteiger partial charge in [-0.05, 0) is 19.5 Å². The minimum absolute atomic E-state index is 0.0815. The van der Waals surface area contributed by atoms with Crippen LogP contribution in [0.2, 0.25) is 5.02 Å². The van der Waals surface area contributed by atoms with Crippen molar-refractivity contribution in [3.63, 3.8) is 0 Å². The number of amides is 1. The Kier molecular flexibility index (Phi) is 5.23. The monoisotopic (exact) mass is 298 g/mol. The summed E-state index contributed by atoms with van der Waals surface area (Å²) in [6.45, 7) is 3.73. The number of ether oxygens (including phenoxy) is 2. The number of fused-ring (bicyclic) bond motifs is 1. The molecule has 1 aliphatic rings. The van der Waals surface area contributed by atoms with Crippen LogP contribution in [0.25, 0.3) is 0 Å². The zero-order chi connectivity index (χ0) is 14.5. The maximum Gasteiger partial charge on any atom is 0.246 e. The molecule has 2 N–H and O–H groups in total. The Morgan fingerprint density at radius 2 is 2.15 bits per heavy atom. The average Bonchev–Trinajstić information content (AvgIpc) is 2.73. The number of carbonyl (C=O) groups is 1. The van der Waals surface area contributed by atoms with Gasteiger partial charge in [0.15, 0.2) is 0 Å². The molecule has 110 valence electrons. The molecule has 6 heteroatoms. The Bertz CT molecular complexity index is 494. The lowest BCUT2D eigenvalue weighted by Crippen LogP contribution is -2.23. The first-order valence-electron chi connectivity index (χ1n) is 6.69. The predicted molar refractivity (Wildman–Crippen MR) is 78.5 cm³/mol. The fraction of sp³-hybridized carbons (Fsp3) is 0.500. The Balaban J connectivity index is 2.02. The van der Waals surface area contributed by atoms with Gasteiger partial charge in [0.1, 0.15) is 18.4 Å². The number of nitrogens with one attached hydrogen (secondary N) is 2. The zero-order valence-electron chi connectivity index (χ0n) is 11.7. The highest BCUT2D eigenvalue weighted by molar-refractivity contribution is 6.32. The minimum Gasteiger partial charge on any atom is -0.490 e. The molecule has 0 radical (unpaired) electrons. The lowest BCUT2D eigenvalue weighted by Gasteiger charge is -2.11. The second kappa shape index (κ2) is 6.92. The van der Waals surface area contributed by atoms with Crippen LogP contribution in [0.1, 0.15) is 24.9 Å². The van der Waals surface area contributed by atoms with Crippen LogP contribution in [0.3, 0.4) is 0 Å². The molecule has 1 aromatic carbocycles. The van der Waals surface area contributed by atoms with Gasteiger partial charge >= 0.3 is 0 Å². The largest absolute Gasteiger partial charge is 0.490 e. The Labute approximate surface area is 123 Å². The third-order valence-electron chi connectivity index (χ3n) is 3.06. The molecule has 0 fully saturated rings. The molecule has 0 aliphatic carbocycles. The summed E-state index contributed by atoms with van der Waals surface area (Å²) in [5.41, 5.74) is 1.58. The lowest BCUT2D eigenvalue weighted by atomic mass is 10.1. The number of hydrogen-bond donors (Lipinski definition) is 2. The molecule has 1 heterocycles. The molecular weight excluding hydrogens is 280 g/mol. The minimum atomic E-state index is -0.357. The van der Waals surface area contributed by atoms with E-state index in [1.54, 1.807) is 19.2 Å². The molecule has 0 aromatic heterocycles. The van der Waals surface area contributed by atoms with E-state index in [1.165, 1.54) is 0 Å². The molecule has 0 bridgehead atoms. The van der Waals surface area contributed by atoms with Crippen LogP contribution in [-0.2, 0) is 9.53 Å². The van der Waals surface area contributed by atoms with Gasteiger partial charge in [-0.3, -0.25) is 4.79 Å². The summed E-state index contributed by atoms with van der Waals surface area (Å²) < 4.78 is 10.9. The van der Waals surface area contributed by atoms with E-state index in [4.69, 9.17) is 21.1 Å². The van der Waals surface area contributed by atoms with Crippen molar-refractivity contribution in [3.05, 3.63) is 22.7 Å². The second-order valence-corrected chi connectivity index (χ2v) is 4.95. The van der Waals surface area contributed by atoms with Crippen molar-refractivity contribution >= 4 is 23.2 Å². The second-order valence-electron chi connectivity index (χ2n) is 4.54. The maximum atomic E-state index is 11.7. The van der Waals surface area contributed by atoms with Crippen LogP contribution >= 0.6 is 11.6 Å². The zero-order valence-corrected chi connectivity index (χ0v) is 12.4. The Morgan fingerprint density at radius 1 is 1.35 bits per heavy atom. The number of carbonyl (C=O) groups excluding carboxylic acids is 1. The van der Waals surface area contributed by atoms with Crippen LogP contribution in [0.5, 0.6) is 5.75 Å². The SMILES string of the molecule is CCCOCCOc1cc2c(cc1Cl)C(NC)C(=O)N2. The molecule has 0 saturated heterocycles. The van der Waals surface area contributed by atoms with Crippen molar-refractivity contribution in [3.8, 4) is 5.75 Å². The van der Waals surface area contributed by atoms with E-state index in [2.05, 4.69) is 17.6 Å². The van der Waals surface area contributed by atoms with Gasteiger partial charge in [-0.15, -0.1) is 0 Å². The quantitative estimate of drug-likeness (QED) is 0.759. The highest BCUT2D eigenvalue weighted by Crippen LogP contribution is 2.38. The van der Waals surface area contributed by atoms with Gasteiger partial charge in [-0.1, -0.05) is 18.5 Å². The summed E-state index contributed by atoms with van der Waals surface area (Å²) in [6.07, 6.45) is 0.983. The molecule has 1 unspecified atom stereocenters. The average molecular weight is 299 g/mol. The van der Waals surface area contributed by atoms with Crippen molar-refractivity contribution in [1.82, 2.24) is 5.32 Å². The van der Waals surface area contributed by atoms with E-state index in [0.717, 1.165) is 24.3 Å². The first-order valence-corrected chi connectivity index (χ1v) is 7.07. The van der Waals surface area contributed by atoms with Crippen LogP contribution in [0.15, 0.2) is 12.1 Å². The molecule has 0 spiro atoms. The molecule has 2 rings (SSSR count). The topological polar surface area (TPSA) is 59.6 Å². The molecule has 1 aromatic rings. The first-order chi connectivity index (χ1) is 9.67. The van der Waals surface area contributed by atoms with Crippen molar-refractivity contribution < 1.29 is 14.3 Å². The van der Waals surface area contributed by atoms with Gasteiger partial charge < -0.3 is 20.1 Å². The smallest absolute Gasteiger partial charge is 0.246 e. The van der Waals surface area contributed by atoms with Crippen molar-refractivity contribution in [2.75, 3.05) is 32.2 Å². The number of rotatable bonds is 7. The summed E-state index contributed by atoms with van der Waals surface area (Å²) in [7, 11) is 1.74. The Hall–Kier alpha value is -1.30. The van der Waals surface area contributed by atoms with Crippen LogP contribution in [-0.4, -0.2) is 32.8 Å². The maximum absolute atomic E-state index is 11.7. The highest BCUT2D eigenvalue weighted by atomic mass is 35.5. The molecule has 1 aliphatic heterocycles. The molecule has 0 saturated carbocycles. The summed E-state index contributed by atoms with van der Waals surface area (Å²) in [4.78, 5) is 11.7. The van der Waals surface area contributed by atoms with Gasteiger partial charge in [-0.2, -0.15) is 0 Å². The number of halogens is 1. The third kappa shape index (κ3) is 3.23. The van der Waals surface area contributed by atoms with Gasteiger partial charge in [0.25, 0.3) is 0 Å². The standard InChI is InChI=1S/C14H19ClN2O3/c1-3-4-19-5-6-20-12-8-11-9(7-10(12)15)13(16-2)14(18)17-11/h7-8,13,16H,3-6H2,1-2H3,(H,17,18). The van der Waals surface area contributed by atoms with E-state index in [1.807, 2.05) is 0 Å². The normalized spacial score (nSPS) is 16.9. The molecule has 1 amide bonds. The molecule has 5 nitrogen and oxygen atoms in total. The number of benzene rings is 1. The van der Waals surface area contributed by atoms with Crippen molar-refractivity contribution in [2.45, 2.75) is 19.4 Å². The molecule has 20 heavy (non-hydrogen) atoms. The van der Waals surface area contributed by atoms with Crippen LogP contribution in [0, 0.1) is 0 Å². The number of anilines is 1. The van der Waals surface area contributed by atoms with E-state index < -0.39 is 0 Å². The Morgan fingerprint density at radius 3 is 2.85 bits per heavy atom. The van der Waals surface area contributed by atoms with Gasteiger partial charge in [0.05, 0.1) is 11.6 Å². The fourth-order valence-corrected chi connectivity index (χ4v) is 2.34. The first kappa shape index (κ1) is 15.1. The van der Waals surface area contributed by atoms with Crippen LogP contribution < -0.4 is 15.4 Å².